The second-order valence-corrected chi connectivity index (χ2v) is 6.97. The molecule has 0 amide bonds. The van der Waals surface area contributed by atoms with E-state index >= 15 is 0 Å². The Kier molecular flexibility index (Phi) is 5.13. The van der Waals surface area contributed by atoms with E-state index in [1.165, 1.54) is 20.5 Å². The third-order valence-corrected chi connectivity index (χ3v) is 5.09. The molecule has 0 unspecified atom stereocenters. The molecule has 7 heteroatoms. The van der Waals surface area contributed by atoms with Gasteiger partial charge in [0.1, 0.15) is 6.67 Å². The van der Waals surface area contributed by atoms with Crippen molar-refractivity contribution in [3.05, 3.63) is 76.2 Å². The number of rotatable bonds is 5. The third kappa shape index (κ3) is 3.99. The maximum Gasteiger partial charge on any atom is 0.369 e. The molecule has 0 aliphatic carbocycles. The van der Waals surface area contributed by atoms with Crippen LogP contribution in [0.4, 0.5) is 0 Å². The van der Waals surface area contributed by atoms with Crippen LogP contribution in [0.2, 0.25) is 0 Å². The van der Waals surface area contributed by atoms with Gasteiger partial charge < -0.3 is 0 Å². The molecular formula is C20H24N6O. The van der Waals surface area contributed by atoms with E-state index in [0.29, 0.717) is 6.67 Å². The smallest absolute Gasteiger partial charge is 0.297 e. The SMILES string of the molecule is Cc1ccccc1CN1CCN(Cn2nnn(-c3ccccc3)c2=O)CC1. The van der Waals surface area contributed by atoms with Gasteiger partial charge in [-0.15, -0.1) is 0 Å². The highest BCUT2D eigenvalue weighted by Crippen LogP contribution is 2.12. The Morgan fingerprint density at radius 2 is 1.52 bits per heavy atom. The lowest BCUT2D eigenvalue weighted by molar-refractivity contribution is 0.0967. The maximum atomic E-state index is 12.5. The summed E-state index contributed by atoms with van der Waals surface area (Å²) in [6, 6.07) is 17.9. The molecule has 3 aromatic rings. The topological polar surface area (TPSA) is 59.2 Å². The Morgan fingerprint density at radius 1 is 0.852 bits per heavy atom. The van der Waals surface area contributed by atoms with E-state index in [9.17, 15) is 4.79 Å². The molecule has 2 heterocycles. The minimum atomic E-state index is -0.205. The molecule has 1 aliphatic heterocycles. The van der Waals surface area contributed by atoms with Crippen LogP contribution in [0.5, 0.6) is 0 Å². The van der Waals surface area contributed by atoms with Gasteiger partial charge in [0.25, 0.3) is 0 Å². The summed E-state index contributed by atoms with van der Waals surface area (Å²) in [6.07, 6.45) is 0. The highest BCUT2D eigenvalue weighted by atomic mass is 16.2. The highest BCUT2D eigenvalue weighted by molar-refractivity contribution is 5.29. The third-order valence-electron chi connectivity index (χ3n) is 5.09. The molecule has 0 saturated carbocycles. The molecule has 1 aliphatic rings. The number of para-hydroxylation sites is 1. The summed E-state index contributed by atoms with van der Waals surface area (Å²) in [5, 5.41) is 8.06. The zero-order valence-corrected chi connectivity index (χ0v) is 15.5. The molecule has 27 heavy (non-hydrogen) atoms. The maximum absolute atomic E-state index is 12.5. The molecule has 0 bridgehead atoms. The van der Waals surface area contributed by atoms with Crippen molar-refractivity contribution in [3.8, 4) is 5.69 Å². The predicted molar refractivity (Wildman–Crippen MR) is 104 cm³/mol. The van der Waals surface area contributed by atoms with Crippen LogP contribution in [0.3, 0.4) is 0 Å². The van der Waals surface area contributed by atoms with E-state index in [4.69, 9.17) is 0 Å². The summed E-state index contributed by atoms with van der Waals surface area (Å²) in [5.74, 6) is 0. The van der Waals surface area contributed by atoms with Crippen LogP contribution in [0.25, 0.3) is 5.69 Å². The van der Waals surface area contributed by atoms with Gasteiger partial charge in [-0.1, -0.05) is 42.5 Å². The molecule has 0 spiro atoms. The van der Waals surface area contributed by atoms with Crippen molar-refractivity contribution in [2.45, 2.75) is 20.1 Å². The van der Waals surface area contributed by atoms with Gasteiger partial charge in [0.15, 0.2) is 0 Å². The molecule has 0 N–H and O–H groups in total. The number of piperazine rings is 1. The lowest BCUT2D eigenvalue weighted by Gasteiger charge is -2.34. The lowest BCUT2D eigenvalue weighted by Crippen LogP contribution is -2.47. The van der Waals surface area contributed by atoms with Crippen molar-refractivity contribution in [2.75, 3.05) is 26.2 Å². The average molecular weight is 364 g/mol. The molecule has 0 radical (unpaired) electrons. The monoisotopic (exact) mass is 364 g/mol. The molecule has 140 valence electrons. The Labute approximate surface area is 158 Å². The number of benzene rings is 2. The van der Waals surface area contributed by atoms with Gasteiger partial charge in [-0.2, -0.15) is 9.36 Å². The van der Waals surface area contributed by atoms with Crippen molar-refractivity contribution in [3.63, 3.8) is 0 Å². The molecule has 1 aromatic heterocycles. The van der Waals surface area contributed by atoms with Crippen LogP contribution in [0, 0.1) is 6.92 Å². The number of nitrogens with zero attached hydrogens (tertiary/aromatic N) is 6. The van der Waals surface area contributed by atoms with Crippen molar-refractivity contribution in [2.24, 2.45) is 0 Å². The Bertz CT molecular complexity index is 940. The largest absolute Gasteiger partial charge is 0.369 e. The molecule has 1 fully saturated rings. The van der Waals surface area contributed by atoms with Crippen molar-refractivity contribution >= 4 is 0 Å². The van der Waals surface area contributed by atoms with Crippen LogP contribution < -0.4 is 5.69 Å². The Balaban J connectivity index is 1.35. The fourth-order valence-corrected chi connectivity index (χ4v) is 3.40. The second-order valence-electron chi connectivity index (χ2n) is 6.97. The lowest BCUT2D eigenvalue weighted by atomic mass is 10.1. The second kappa shape index (κ2) is 7.85. The zero-order chi connectivity index (χ0) is 18.6. The summed E-state index contributed by atoms with van der Waals surface area (Å²) in [6.45, 7) is 7.40. The molecular weight excluding hydrogens is 340 g/mol. The quantitative estimate of drug-likeness (QED) is 0.687. The van der Waals surface area contributed by atoms with Crippen molar-refractivity contribution in [1.82, 2.24) is 29.6 Å². The van der Waals surface area contributed by atoms with Crippen LogP contribution in [0.1, 0.15) is 11.1 Å². The first-order chi connectivity index (χ1) is 13.2. The summed E-state index contributed by atoms with van der Waals surface area (Å²) in [7, 11) is 0. The number of hydrogen-bond donors (Lipinski definition) is 0. The average Bonchev–Trinajstić information content (AvgIpc) is 3.06. The van der Waals surface area contributed by atoms with E-state index in [2.05, 4.69) is 51.4 Å². The first-order valence-electron chi connectivity index (χ1n) is 9.28. The van der Waals surface area contributed by atoms with Gasteiger partial charge in [0, 0.05) is 32.7 Å². The number of aromatic nitrogens is 4. The van der Waals surface area contributed by atoms with Crippen LogP contribution >= 0.6 is 0 Å². The van der Waals surface area contributed by atoms with Gasteiger partial charge in [-0.3, -0.25) is 9.80 Å². The van der Waals surface area contributed by atoms with Crippen LogP contribution in [0.15, 0.2) is 59.4 Å². The minimum absolute atomic E-state index is 0.205. The number of hydrogen-bond acceptors (Lipinski definition) is 5. The van der Waals surface area contributed by atoms with E-state index in [-0.39, 0.29) is 5.69 Å². The van der Waals surface area contributed by atoms with Gasteiger partial charge in [-0.25, -0.2) is 4.79 Å². The van der Waals surface area contributed by atoms with Crippen molar-refractivity contribution < 1.29 is 0 Å². The highest BCUT2D eigenvalue weighted by Gasteiger charge is 2.19. The standard InChI is InChI=1S/C20H24N6O/c1-17-7-5-6-8-18(17)15-23-11-13-24(14-12-23)16-25-20(27)26(22-21-25)19-9-3-2-4-10-19/h2-10H,11-16H2,1H3. The first-order valence-corrected chi connectivity index (χ1v) is 9.28. The summed E-state index contributed by atoms with van der Waals surface area (Å²) in [4.78, 5) is 17.3. The summed E-state index contributed by atoms with van der Waals surface area (Å²) < 4.78 is 2.78. The fraction of sp³-hybridized carbons (Fsp3) is 0.350. The zero-order valence-electron chi connectivity index (χ0n) is 15.5. The fourth-order valence-electron chi connectivity index (χ4n) is 3.40. The molecule has 4 rings (SSSR count). The van der Waals surface area contributed by atoms with Gasteiger partial charge in [-0.05, 0) is 40.6 Å². The van der Waals surface area contributed by atoms with Crippen LogP contribution in [-0.2, 0) is 13.2 Å². The van der Waals surface area contributed by atoms with Crippen molar-refractivity contribution in [1.29, 1.82) is 0 Å². The normalized spacial score (nSPS) is 15.9. The van der Waals surface area contributed by atoms with E-state index in [1.807, 2.05) is 30.3 Å². The van der Waals surface area contributed by atoms with E-state index in [1.54, 1.807) is 0 Å². The molecule has 0 atom stereocenters. The number of aryl methyl sites for hydroxylation is 1. The van der Waals surface area contributed by atoms with E-state index < -0.39 is 0 Å². The van der Waals surface area contributed by atoms with Gasteiger partial charge >= 0.3 is 5.69 Å². The molecule has 7 nitrogen and oxygen atoms in total. The van der Waals surface area contributed by atoms with Crippen LogP contribution in [-0.4, -0.2) is 55.8 Å². The summed E-state index contributed by atoms with van der Waals surface area (Å²) in [5.41, 5.74) is 3.25. The Hall–Kier alpha value is -2.77. The van der Waals surface area contributed by atoms with Gasteiger partial charge in [0.05, 0.1) is 5.69 Å². The summed E-state index contributed by atoms with van der Waals surface area (Å²) >= 11 is 0. The van der Waals surface area contributed by atoms with Gasteiger partial charge in [0.2, 0.25) is 0 Å². The minimum Gasteiger partial charge on any atom is -0.297 e. The molecule has 2 aromatic carbocycles. The van der Waals surface area contributed by atoms with E-state index in [0.717, 1.165) is 38.4 Å². The Morgan fingerprint density at radius 3 is 2.26 bits per heavy atom. The number of tetrazole rings is 1. The first kappa shape index (κ1) is 17.6. The predicted octanol–water partition coefficient (Wildman–Crippen LogP) is 1.51. The molecule has 1 saturated heterocycles.